The number of carbonyl (C=O) groups excluding carboxylic acids is 1. The second kappa shape index (κ2) is 3.73. The number of hydrogen-bond acceptors (Lipinski definition) is 2. The molecule has 0 unspecified atom stereocenters. The van der Waals surface area contributed by atoms with Crippen LogP contribution < -0.4 is 5.32 Å². The molecule has 2 aromatic heterocycles. The van der Waals surface area contributed by atoms with Gasteiger partial charge in [0.1, 0.15) is 5.65 Å². The highest BCUT2D eigenvalue weighted by molar-refractivity contribution is 6.05. The fraction of sp³-hybridized carbons (Fsp3) is 0.273. The predicted molar refractivity (Wildman–Crippen MR) is 58.9 cm³/mol. The van der Waals surface area contributed by atoms with E-state index < -0.39 is 0 Å². The highest BCUT2D eigenvalue weighted by Crippen LogP contribution is 2.17. The van der Waals surface area contributed by atoms with Gasteiger partial charge in [-0.1, -0.05) is 6.92 Å². The van der Waals surface area contributed by atoms with Gasteiger partial charge in [0.2, 0.25) is 0 Å². The molecule has 0 saturated heterocycles. The second-order valence-corrected chi connectivity index (χ2v) is 3.37. The van der Waals surface area contributed by atoms with E-state index >= 15 is 0 Å². The number of H-pyrrole nitrogens is 1. The quantitative estimate of drug-likeness (QED) is 0.776. The number of carbonyl (C=O) groups is 1. The van der Waals surface area contributed by atoms with Gasteiger partial charge in [-0.2, -0.15) is 0 Å². The number of pyridine rings is 1. The van der Waals surface area contributed by atoms with Crippen LogP contribution in [-0.4, -0.2) is 22.9 Å². The molecule has 15 heavy (non-hydrogen) atoms. The van der Waals surface area contributed by atoms with E-state index in [-0.39, 0.29) is 5.91 Å². The highest BCUT2D eigenvalue weighted by atomic mass is 16.1. The summed E-state index contributed by atoms with van der Waals surface area (Å²) in [6.45, 7) is 2.06. The van der Waals surface area contributed by atoms with E-state index in [1.807, 2.05) is 12.3 Å². The smallest absolute Gasteiger partial charge is 0.253 e. The van der Waals surface area contributed by atoms with Gasteiger partial charge in [0.05, 0.1) is 5.56 Å². The van der Waals surface area contributed by atoms with Gasteiger partial charge >= 0.3 is 0 Å². The number of nitrogens with one attached hydrogen (secondary N) is 2. The zero-order valence-corrected chi connectivity index (χ0v) is 8.79. The summed E-state index contributed by atoms with van der Waals surface area (Å²) in [5.74, 6) is -0.0868. The molecule has 0 spiro atoms. The molecule has 2 N–H and O–H groups in total. The number of hydrogen-bond donors (Lipinski definition) is 2. The summed E-state index contributed by atoms with van der Waals surface area (Å²) in [4.78, 5) is 18.8. The molecule has 0 atom stereocenters. The summed E-state index contributed by atoms with van der Waals surface area (Å²) in [6, 6.07) is 2.00. The van der Waals surface area contributed by atoms with Gasteiger partial charge < -0.3 is 10.3 Å². The Morgan fingerprint density at radius 2 is 2.40 bits per heavy atom. The van der Waals surface area contributed by atoms with Crippen LogP contribution in [0.5, 0.6) is 0 Å². The summed E-state index contributed by atoms with van der Waals surface area (Å²) >= 11 is 0. The van der Waals surface area contributed by atoms with E-state index in [0.717, 1.165) is 23.0 Å². The van der Waals surface area contributed by atoms with Gasteiger partial charge in [0, 0.05) is 24.8 Å². The zero-order valence-electron chi connectivity index (χ0n) is 8.79. The maximum Gasteiger partial charge on any atom is 0.253 e. The van der Waals surface area contributed by atoms with Crippen LogP contribution in [0.2, 0.25) is 0 Å². The number of aryl methyl sites for hydroxylation is 1. The number of rotatable bonds is 2. The molecule has 0 aliphatic heterocycles. The van der Waals surface area contributed by atoms with E-state index in [0.29, 0.717) is 5.56 Å². The lowest BCUT2D eigenvalue weighted by atomic mass is 10.1. The topological polar surface area (TPSA) is 57.8 Å². The molecule has 0 aliphatic carbocycles. The van der Waals surface area contributed by atoms with Gasteiger partial charge in [0.15, 0.2) is 0 Å². The Labute approximate surface area is 87.7 Å². The predicted octanol–water partition coefficient (Wildman–Crippen LogP) is 1.48. The number of aromatic nitrogens is 2. The third-order valence-corrected chi connectivity index (χ3v) is 2.47. The first-order valence-corrected chi connectivity index (χ1v) is 4.94. The van der Waals surface area contributed by atoms with E-state index in [1.54, 1.807) is 13.2 Å². The first kappa shape index (κ1) is 9.71. The Hall–Kier alpha value is -1.84. The van der Waals surface area contributed by atoms with Crippen molar-refractivity contribution in [1.82, 2.24) is 15.3 Å². The van der Waals surface area contributed by atoms with Gasteiger partial charge in [-0.25, -0.2) is 4.98 Å². The molecule has 2 rings (SSSR count). The third-order valence-electron chi connectivity index (χ3n) is 2.47. The summed E-state index contributed by atoms with van der Waals surface area (Å²) in [5, 5.41) is 3.49. The van der Waals surface area contributed by atoms with Crippen LogP contribution in [-0.2, 0) is 6.42 Å². The van der Waals surface area contributed by atoms with Crippen LogP contribution in [0, 0.1) is 0 Å². The molecule has 0 aliphatic rings. The van der Waals surface area contributed by atoms with Gasteiger partial charge in [-0.3, -0.25) is 4.79 Å². The minimum absolute atomic E-state index is 0.0868. The van der Waals surface area contributed by atoms with Crippen molar-refractivity contribution in [2.45, 2.75) is 13.3 Å². The molecule has 1 amide bonds. The molecule has 4 heteroatoms. The summed E-state index contributed by atoms with van der Waals surface area (Å²) in [6.07, 6.45) is 4.43. The fourth-order valence-corrected chi connectivity index (χ4v) is 1.56. The molecule has 0 bridgehead atoms. The third kappa shape index (κ3) is 1.58. The Morgan fingerprint density at radius 3 is 3.07 bits per heavy atom. The van der Waals surface area contributed by atoms with Gasteiger partial charge in [0.25, 0.3) is 5.91 Å². The monoisotopic (exact) mass is 203 g/mol. The molecule has 0 fully saturated rings. The van der Waals surface area contributed by atoms with Crippen molar-refractivity contribution in [3.05, 3.63) is 29.6 Å². The largest absolute Gasteiger partial charge is 0.355 e. The lowest BCUT2D eigenvalue weighted by Crippen LogP contribution is -2.17. The Bertz CT molecular complexity index is 502. The number of aromatic amines is 1. The fourth-order valence-electron chi connectivity index (χ4n) is 1.56. The maximum absolute atomic E-state index is 11.5. The first-order valence-electron chi connectivity index (χ1n) is 4.94. The molecule has 2 aromatic rings. The van der Waals surface area contributed by atoms with Crippen molar-refractivity contribution < 1.29 is 4.79 Å². The lowest BCUT2D eigenvalue weighted by Gasteiger charge is -1.99. The van der Waals surface area contributed by atoms with Crippen LogP contribution in [0.1, 0.15) is 22.8 Å². The molecule has 0 saturated carbocycles. The molecular weight excluding hydrogens is 190 g/mol. The first-order chi connectivity index (χ1) is 7.26. The molecule has 0 radical (unpaired) electrons. The van der Waals surface area contributed by atoms with Crippen LogP contribution >= 0.6 is 0 Å². The SMILES string of the molecule is CCc1cnc2[nH]cc(C(=O)NC)c2c1. The molecule has 4 nitrogen and oxygen atoms in total. The second-order valence-electron chi connectivity index (χ2n) is 3.37. The Morgan fingerprint density at radius 1 is 1.60 bits per heavy atom. The zero-order chi connectivity index (χ0) is 10.8. The van der Waals surface area contributed by atoms with Gasteiger partial charge in [-0.05, 0) is 18.1 Å². The van der Waals surface area contributed by atoms with Crippen LogP contribution in [0.4, 0.5) is 0 Å². The maximum atomic E-state index is 11.5. The summed E-state index contributed by atoms with van der Waals surface area (Å²) < 4.78 is 0. The van der Waals surface area contributed by atoms with Crippen molar-refractivity contribution in [2.75, 3.05) is 7.05 Å². The molecule has 78 valence electrons. The normalized spacial score (nSPS) is 10.5. The molecule has 2 heterocycles. The number of nitrogens with zero attached hydrogens (tertiary/aromatic N) is 1. The van der Waals surface area contributed by atoms with Crippen LogP contribution in [0.3, 0.4) is 0 Å². The lowest BCUT2D eigenvalue weighted by molar-refractivity contribution is 0.0965. The summed E-state index contributed by atoms with van der Waals surface area (Å²) in [7, 11) is 1.62. The minimum atomic E-state index is -0.0868. The summed E-state index contributed by atoms with van der Waals surface area (Å²) in [5.41, 5.74) is 2.54. The van der Waals surface area contributed by atoms with E-state index in [1.165, 1.54) is 0 Å². The average Bonchev–Trinajstić information content (AvgIpc) is 2.70. The van der Waals surface area contributed by atoms with Crippen molar-refractivity contribution in [3.63, 3.8) is 0 Å². The Kier molecular flexibility index (Phi) is 2.41. The standard InChI is InChI=1S/C11H13N3O/c1-3-7-4-8-9(11(15)12-2)6-14-10(8)13-5-7/h4-6H,3H2,1-2H3,(H,12,15)(H,13,14). The van der Waals surface area contributed by atoms with Crippen molar-refractivity contribution in [3.8, 4) is 0 Å². The average molecular weight is 203 g/mol. The van der Waals surface area contributed by atoms with Crippen molar-refractivity contribution >= 4 is 16.9 Å². The van der Waals surface area contributed by atoms with Crippen molar-refractivity contribution in [2.24, 2.45) is 0 Å². The van der Waals surface area contributed by atoms with Gasteiger partial charge in [-0.15, -0.1) is 0 Å². The number of amides is 1. The Balaban J connectivity index is 2.61. The van der Waals surface area contributed by atoms with E-state index in [9.17, 15) is 4.79 Å². The minimum Gasteiger partial charge on any atom is -0.355 e. The molecule has 0 aromatic carbocycles. The number of fused-ring (bicyclic) bond motifs is 1. The van der Waals surface area contributed by atoms with Crippen molar-refractivity contribution in [1.29, 1.82) is 0 Å². The van der Waals surface area contributed by atoms with E-state index in [2.05, 4.69) is 22.2 Å². The molecular formula is C11H13N3O. The van der Waals surface area contributed by atoms with E-state index in [4.69, 9.17) is 0 Å². The van der Waals surface area contributed by atoms with Crippen LogP contribution in [0.25, 0.3) is 11.0 Å². The highest BCUT2D eigenvalue weighted by Gasteiger charge is 2.11. The van der Waals surface area contributed by atoms with Crippen LogP contribution in [0.15, 0.2) is 18.5 Å².